The van der Waals surface area contributed by atoms with E-state index in [4.69, 9.17) is 16.7 Å². The highest BCUT2D eigenvalue weighted by Gasteiger charge is 2.04. The van der Waals surface area contributed by atoms with Crippen LogP contribution in [0, 0.1) is 0 Å². The Labute approximate surface area is 107 Å². The molecule has 0 aliphatic carbocycles. The highest BCUT2D eigenvalue weighted by atomic mass is 35.5. The molecule has 0 fully saturated rings. The first-order valence-electron chi connectivity index (χ1n) is 5.80. The number of unbranched alkanes of at least 4 members (excludes halogenated alkanes) is 1. The van der Waals surface area contributed by atoms with Crippen LogP contribution in [0.25, 0.3) is 0 Å². The summed E-state index contributed by atoms with van der Waals surface area (Å²) in [5, 5.41) is 12.6. The monoisotopic (exact) mass is 255 g/mol. The fourth-order valence-corrected chi connectivity index (χ4v) is 1.81. The molecule has 0 saturated carbocycles. The zero-order valence-electron chi connectivity index (χ0n) is 9.95. The maximum absolute atomic E-state index is 10.3. The lowest BCUT2D eigenvalue weighted by Crippen LogP contribution is -2.19. The van der Waals surface area contributed by atoms with Gasteiger partial charge in [-0.25, -0.2) is 0 Å². The Morgan fingerprint density at radius 3 is 2.88 bits per heavy atom. The Morgan fingerprint density at radius 1 is 1.47 bits per heavy atom. The molecule has 17 heavy (non-hydrogen) atoms. The van der Waals surface area contributed by atoms with Crippen LogP contribution in [0.15, 0.2) is 24.3 Å². The zero-order valence-corrected chi connectivity index (χ0v) is 10.7. The molecule has 0 amide bonds. The molecule has 0 aromatic heterocycles. The van der Waals surface area contributed by atoms with E-state index < -0.39 is 5.97 Å². The summed E-state index contributed by atoms with van der Waals surface area (Å²) in [7, 11) is 0. The third-order valence-electron chi connectivity index (χ3n) is 2.62. The predicted octanol–water partition coefficient (Wildman–Crippen LogP) is 3.25. The number of aliphatic carboxylic acids is 1. The average molecular weight is 256 g/mol. The molecule has 1 aromatic carbocycles. The predicted molar refractivity (Wildman–Crippen MR) is 69.4 cm³/mol. The van der Waals surface area contributed by atoms with Gasteiger partial charge in [-0.3, -0.25) is 4.79 Å². The van der Waals surface area contributed by atoms with E-state index in [1.54, 1.807) is 0 Å². The van der Waals surface area contributed by atoms with Crippen molar-refractivity contribution in [3.05, 3.63) is 34.9 Å². The summed E-state index contributed by atoms with van der Waals surface area (Å²) in [5.41, 5.74) is 1.15. The SMILES string of the molecule is C[C@@H](NCCCCC(=O)O)c1cccc(Cl)c1. The van der Waals surface area contributed by atoms with Crippen molar-refractivity contribution < 1.29 is 9.90 Å². The van der Waals surface area contributed by atoms with E-state index in [1.165, 1.54) is 0 Å². The summed E-state index contributed by atoms with van der Waals surface area (Å²) < 4.78 is 0. The number of hydrogen-bond acceptors (Lipinski definition) is 2. The summed E-state index contributed by atoms with van der Waals surface area (Å²) in [6, 6.07) is 7.99. The third-order valence-corrected chi connectivity index (χ3v) is 2.85. The fourth-order valence-electron chi connectivity index (χ4n) is 1.61. The van der Waals surface area contributed by atoms with Gasteiger partial charge in [-0.15, -0.1) is 0 Å². The van der Waals surface area contributed by atoms with E-state index in [2.05, 4.69) is 12.2 Å². The molecule has 0 bridgehead atoms. The van der Waals surface area contributed by atoms with Gasteiger partial charge in [0.05, 0.1) is 0 Å². The highest BCUT2D eigenvalue weighted by molar-refractivity contribution is 6.30. The van der Waals surface area contributed by atoms with E-state index >= 15 is 0 Å². The molecular formula is C13H18ClNO2. The second-order valence-electron chi connectivity index (χ2n) is 4.08. The quantitative estimate of drug-likeness (QED) is 0.736. The molecule has 1 atom stereocenters. The van der Waals surface area contributed by atoms with E-state index in [9.17, 15) is 4.79 Å². The van der Waals surface area contributed by atoms with Crippen molar-refractivity contribution >= 4 is 17.6 Å². The van der Waals surface area contributed by atoms with Crippen molar-refractivity contribution in [3.63, 3.8) is 0 Å². The largest absolute Gasteiger partial charge is 0.481 e. The smallest absolute Gasteiger partial charge is 0.303 e. The molecule has 0 radical (unpaired) electrons. The minimum atomic E-state index is -0.729. The molecule has 2 N–H and O–H groups in total. The first-order chi connectivity index (χ1) is 8.09. The van der Waals surface area contributed by atoms with E-state index in [1.807, 2.05) is 24.3 Å². The van der Waals surface area contributed by atoms with Gasteiger partial charge in [0, 0.05) is 17.5 Å². The summed E-state index contributed by atoms with van der Waals surface area (Å²) in [6.07, 6.45) is 1.83. The molecule has 1 rings (SSSR count). The van der Waals surface area contributed by atoms with Crippen molar-refractivity contribution in [1.82, 2.24) is 5.32 Å². The molecule has 94 valence electrons. The van der Waals surface area contributed by atoms with Gasteiger partial charge in [0.1, 0.15) is 0 Å². The van der Waals surface area contributed by atoms with Crippen LogP contribution in [0.5, 0.6) is 0 Å². The first-order valence-corrected chi connectivity index (χ1v) is 6.18. The van der Waals surface area contributed by atoms with Crippen LogP contribution in [0.1, 0.15) is 37.8 Å². The normalized spacial score (nSPS) is 12.4. The first kappa shape index (κ1) is 14.0. The summed E-state index contributed by atoms with van der Waals surface area (Å²) in [5.74, 6) is -0.729. The minimum absolute atomic E-state index is 0.235. The van der Waals surface area contributed by atoms with Gasteiger partial charge in [-0.05, 0) is 44.0 Å². The molecular weight excluding hydrogens is 238 g/mol. The number of hydrogen-bond donors (Lipinski definition) is 2. The molecule has 1 aromatic rings. The van der Waals surface area contributed by atoms with Gasteiger partial charge in [0.25, 0.3) is 0 Å². The van der Waals surface area contributed by atoms with Crippen molar-refractivity contribution in [2.75, 3.05) is 6.54 Å². The third kappa shape index (κ3) is 5.71. The van der Waals surface area contributed by atoms with Crippen LogP contribution in [0.3, 0.4) is 0 Å². The molecule has 0 heterocycles. The maximum Gasteiger partial charge on any atom is 0.303 e. The molecule has 0 aliphatic heterocycles. The van der Waals surface area contributed by atoms with Gasteiger partial charge in [0.2, 0.25) is 0 Å². The van der Waals surface area contributed by atoms with Crippen LogP contribution < -0.4 is 5.32 Å². The standard InChI is InChI=1S/C13H18ClNO2/c1-10(11-5-4-6-12(14)9-11)15-8-3-2-7-13(16)17/h4-6,9-10,15H,2-3,7-8H2,1H3,(H,16,17)/t10-/m1/s1. The number of carbonyl (C=O) groups is 1. The lowest BCUT2D eigenvalue weighted by atomic mass is 10.1. The Bertz CT molecular complexity index is 368. The molecule has 3 nitrogen and oxygen atoms in total. The van der Waals surface area contributed by atoms with Crippen molar-refractivity contribution in [2.24, 2.45) is 0 Å². The van der Waals surface area contributed by atoms with E-state index in [-0.39, 0.29) is 12.5 Å². The van der Waals surface area contributed by atoms with Crippen LogP contribution in [-0.4, -0.2) is 17.6 Å². The maximum atomic E-state index is 10.3. The van der Waals surface area contributed by atoms with Gasteiger partial charge in [-0.2, -0.15) is 0 Å². The number of halogens is 1. The lowest BCUT2D eigenvalue weighted by molar-refractivity contribution is -0.137. The number of benzene rings is 1. The van der Waals surface area contributed by atoms with Gasteiger partial charge in [-0.1, -0.05) is 23.7 Å². The van der Waals surface area contributed by atoms with Crippen molar-refractivity contribution in [2.45, 2.75) is 32.2 Å². The summed E-state index contributed by atoms with van der Waals surface area (Å²) >= 11 is 5.91. The van der Waals surface area contributed by atoms with Gasteiger partial charge < -0.3 is 10.4 Å². The summed E-state index contributed by atoms with van der Waals surface area (Å²) in [6.45, 7) is 2.89. The van der Waals surface area contributed by atoms with Crippen LogP contribution in [0.2, 0.25) is 5.02 Å². The molecule has 0 spiro atoms. The number of nitrogens with one attached hydrogen (secondary N) is 1. The second kappa shape index (κ2) is 7.30. The second-order valence-corrected chi connectivity index (χ2v) is 4.52. The number of carboxylic acid groups (broad SMARTS) is 1. The average Bonchev–Trinajstić information content (AvgIpc) is 2.28. The number of rotatable bonds is 7. The van der Waals surface area contributed by atoms with E-state index in [0.717, 1.165) is 23.6 Å². The van der Waals surface area contributed by atoms with E-state index in [0.29, 0.717) is 6.42 Å². The highest BCUT2D eigenvalue weighted by Crippen LogP contribution is 2.17. The molecule has 0 saturated heterocycles. The Morgan fingerprint density at radius 2 is 2.24 bits per heavy atom. The molecule has 4 heteroatoms. The number of carboxylic acids is 1. The summed E-state index contributed by atoms with van der Waals surface area (Å²) in [4.78, 5) is 10.3. The van der Waals surface area contributed by atoms with Crippen LogP contribution in [0.4, 0.5) is 0 Å². The minimum Gasteiger partial charge on any atom is -0.481 e. The zero-order chi connectivity index (χ0) is 12.7. The van der Waals surface area contributed by atoms with Crippen molar-refractivity contribution in [1.29, 1.82) is 0 Å². The molecule has 0 aliphatic rings. The topological polar surface area (TPSA) is 49.3 Å². The Hall–Kier alpha value is -1.06. The van der Waals surface area contributed by atoms with Crippen LogP contribution >= 0.6 is 11.6 Å². The Kier molecular flexibility index (Phi) is 6.01. The Balaban J connectivity index is 2.25. The molecule has 0 unspecified atom stereocenters. The fraction of sp³-hybridized carbons (Fsp3) is 0.462. The van der Waals surface area contributed by atoms with Crippen molar-refractivity contribution in [3.8, 4) is 0 Å². The van der Waals surface area contributed by atoms with Crippen LogP contribution in [-0.2, 0) is 4.79 Å². The van der Waals surface area contributed by atoms with Gasteiger partial charge in [0.15, 0.2) is 0 Å². The van der Waals surface area contributed by atoms with Gasteiger partial charge >= 0.3 is 5.97 Å². The lowest BCUT2D eigenvalue weighted by Gasteiger charge is -2.14.